The summed E-state index contributed by atoms with van der Waals surface area (Å²) in [5.74, 6) is 0. The van der Waals surface area contributed by atoms with E-state index in [0.717, 1.165) is 0 Å². The van der Waals surface area contributed by atoms with Gasteiger partial charge in [-0.25, -0.2) is 10.1 Å². The molecule has 1 aromatic carbocycles. The number of nitro groups is 1. The predicted molar refractivity (Wildman–Crippen MR) is 42.8 cm³/mol. The summed E-state index contributed by atoms with van der Waals surface area (Å²) in [4.78, 5) is 9.86. The topological polar surface area (TPSA) is 55.2 Å². The van der Waals surface area contributed by atoms with E-state index < -0.39 is 5.03 Å². The van der Waals surface area contributed by atoms with Crippen LogP contribution in [0, 0.1) is 10.1 Å². The summed E-state index contributed by atoms with van der Waals surface area (Å²) in [6.07, 6.45) is 0. The molecule has 0 unspecified atom stereocenters. The van der Waals surface area contributed by atoms with Gasteiger partial charge >= 0.3 is 0 Å². The monoisotopic (exact) mass is 161 g/mol. The van der Waals surface area contributed by atoms with Crippen molar-refractivity contribution in [1.82, 2.24) is 0 Å². The van der Waals surface area contributed by atoms with Crippen molar-refractivity contribution in [2.75, 3.05) is 5.43 Å². The molecule has 4 nitrogen and oxygen atoms in total. The Hall–Kier alpha value is -0.580. The Balaban J connectivity index is 0.000001000. The van der Waals surface area contributed by atoms with Crippen LogP contribution in [0.5, 0.6) is 0 Å². The normalized spacial score (nSPS) is 8.00. The smallest absolute Gasteiger partial charge is 0.162 e. The van der Waals surface area contributed by atoms with Gasteiger partial charge in [-0.1, -0.05) is 18.2 Å². The van der Waals surface area contributed by atoms with E-state index in [9.17, 15) is 10.1 Å². The molecule has 5 heteroatoms. The van der Waals surface area contributed by atoms with E-state index in [-0.39, 0.29) is 29.6 Å². The quantitative estimate of drug-likeness (QED) is 0.398. The Labute approximate surface area is 86.0 Å². The second-order valence-electron chi connectivity index (χ2n) is 1.73. The second-order valence-corrected chi connectivity index (χ2v) is 1.73. The number of hydrazine groups is 1. The van der Waals surface area contributed by atoms with Gasteiger partial charge in [0, 0.05) is 29.6 Å². The maximum atomic E-state index is 9.86. The van der Waals surface area contributed by atoms with Crippen LogP contribution in [0.4, 0.5) is 5.69 Å². The van der Waals surface area contributed by atoms with Crippen LogP contribution in [0.15, 0.2) is 30.3 Å². The van der Waals surface area contributed by atoms with Crippen LogP contribution in [-0.2, 0) is 0 Å². The van der Waals surface area contributed by atoms with Crippen molar-refractivity contribution in [3.63, 3.8) is 0 Å². The van der Waals surface area contributed by atoms with Crippen molar-refractivity contribution < 1.29 is 5.03 Å². The maximum Gasteiger partial charge on any atom is 0.162 e. The van der Waals surface area contributed by atoms with Crippen molar-refractivity contribution in [3.8, 4) is 0 Å². The van der Waals surface area contributed by atoms with Gasteiger partial charge < -0.3 is 0 Å². The second kappa shape index (κ2) is 5.12. The van der Waals surface area contributed by atoms with E-state index in [2.05, 4.69) is 0 Å². The maximum absolute atomic E-state index is 9.86. The van der Waals surface area contributed by atoms with Crippen LogP contribution in [0.1, 0.15) is 0 Å². The third kappa shape index (κ3) is 3.98. The van der Waals surface area contributed by atoms with Gasteiger partial charge in [0.2, 0.25) is 0 Å². The molecule has 0 amide bonds. The summed E-state index contributed by atoms with van der Waals surface area (Å²) in [6.45, 7) is 0. The Morgan fingerprint density at radius 1 is 1.27 bits per heavy atom. The van der Waals surface area contributed by atoms with Gasteiger partial charge in [-0.15, -0.1) is 5.43 Å². The molecule has 0 aliphatic heterocycles. The molecule has 1 rings (SSSR count). The summed E-state index contributed by atoms with van der Waals surface area (Å²) in [6, 6.07) is 8.51. The first-order chi connectivity index (χ1) is 4.79. The first kappa shape index (κ1) is 10.4. The van der Waals surface area contributed by atoms with Crippen molar-refractivity contribution in [2.45, 2.75) is 0 Å². The van der Waals surface area contributed by atoms with E-state index >= 15 is 0 Å². The van der Waals surface area contributed by atoms with Crippen LogP contribution >= 0.6 is 0 Å². The van der Waals surface area contributed by atoms with Gasteiger partial charge in [-0.05, 0) is 12.1 Å². The van der Waals surface area contributed by atoms with Gasteiger partial charge in [0.25, 0.3) is 0 Å². The minimum Gasteiger partial charge on any atom is -0.235 e. The Kier molecular flexibility index (Phi) is 4.85. The fourth-order valence-corrected chi connectivity index (χ4v) is 0.618. The molecular formula is C6H6N2NaO2. The zero-order valence-electron chi connectivity index (χ0n) is 6.15. The van der Waals surface area contributed by atoms with Gasteiger partial charge in [-0.2, -0.15) is 0 Å². The molecule has 0 bridgehead atoms. The molecule has 0 atom stereocenters. The van der Waals surface area contributed by atoms with Crippen molar-refractivity contribution in [2.24, 2.45) is 0 Å². The summed E-state index contributed by atoms with van der Waals surface area (Å²) < 4.78 is 0. The predicted octanol–water partition coefficient (Wildman–Crippen LogP) is 0.909. The van der Waals surface area contributed by atoms with Gasteiger partial charge in [-0.3, -0.25) is 0 Å². The zero-order chi connectivity index (χ0) is 7.40. The number of nitrogens with one attached hydrogen (secondary N) is 1. The Morgan fingerprint density at radius 2 is 1.82 bits per heavy atom. The van der Waals surface area contributed by atoms with Gasteiger partial charge in [0.1, 0.15) is 5.69 Å². The van der Waals surface area contributed by atoms with Crippen molar-refractivity contribution in [3.05, 3.63) is 40.4 Å². The number of hydrogen-bond donors (Lipinski definition) is 1. The van der Waals surface area contributed by atoms with Gasteiger partial charge in [0.15, 0.2) is 5.03 Å². The molecule has 11 heavy (non-hydrogen) atoms. The molecule has 1 radical (unpaired) electrons. The molecular weight excluding hydrogens is 155 g/mol. The average molecular weight is 161 g/mol. The van der Waals surface area contributed by atoms with Crippen LogP contribution in [0.3, 0.4) is 0 Å². The minimum absolute atomic E-state index is 0. The van der Waals surface area contributed by atoms with Crippen molar-refractivity contribution in [1.29, 1.82) is 0 Å². The van der Waals surface area contributed by atoms with Crippen LogP contribution in [-0.4, -0.2) is 34.6 Å². The summed E-state index contributed by atoms with van der Waals surface area (Å²) >= 11 is 0. The van der Waals surface area contributed by atoms with E-state index in [1.54, 1.807) is 30.3 Å². The zero-order valence-corrected chi connectivity index (χ0v) is 8.15. The van der Waals surface area contributed by atoms with Gasteiger partial charge in [0.05, 0.1) is 0 Å². The minimum atomic E-state index is -0.588. The van der Waals surface area contributed by atoms with Crippen molar-refractivity contribution >= 4 is 35.2 Å². The first-order valence-corrected chi connectivity index (χ1v) is 2.75. The molecule has 0 saturated carbocycles. The third-order valence-electron chi connectivity index (χ3n) is 0.994. The molecule has 0 saturated heterocycles. The number of nitrogens with zero attached hydrogens (tertiary/aromatic N) is 1. The van der Waals surface area contributed by atoms with E-state index in [4.69, 9.17) is 0 Å². The molecule has 0 fully saturated rings. The standard InChI is InChI=1S/C6H6N2O2.Na/c9-8(10)7-6-4-2-1-3-5-6;/h1-5,7H;. The molecule has 0 aliphatic rings. The number of anilines is 1. The third-order valence-corrected chi connectivity index (χ3v) is 0.994. The molecule has 0 aromatic heterocycles. The molecule has 0 aliphatic carbocycles. The van der Waals surface area contributed by atoms with E-state index in [1.807, 2.05) is 5.43 Å². The Morgan fingerprint density at radius 3 is 2.27 bits per heavy atom. The molecule has 1 N–H and O–H groups in total. The molecule has 53 valence electrons. The fraction of sp³-hybridized carbons (Fsp3) is 0. The van der Waals surface area contributed by atoms with Crippen LogP contribution in [0.25, 0.3) is 0 Å². The number of benzene rings is 1. The molecule has 0 spiro atoms. The number of rotatable bonds is 2. The molecule has 1 aromatic rings. The largest absolute Gasteiger partial charge is 0.235 e. The number of hydrogen-bond acceptors (Lipinski definition) is 2. The fourth-order valence-electron chi connectivity index (χ4n) is 0.618. The summed E-state index contributed by atoms with van der Waals surface area (Å²) in [5.41, 5.74) is 2.52. The molecule has 0 heterocycles. The number of para-hydroxylation sites is 1. The van der Waals surface area contributed by atoms with E-state index in [1.165, 1.54) is 0 Å². The first-order valence-electron chi connectivity index (χ1n) is 2.75. The van der Waals surface area contributed by atoms with Crippen LogP contribution < -0.4 is 5.43 Å². The van der Waals surface area contributed by atoms with E-state index in [0.29, 0.717) is 5.69 Å². The SMILES string of the molecule is O=[N+]([O-])Nc1ccccc1.[Na]. The summed E-state index contributed by atoms with van der Waals surface area (Å²) in [7, 11) is 0. The Bertz CT molecular complexity index is 227. The van der Waals surface area contributed by atoms with Crippen LogP contribution in [0.2, 0.25) is 0 Å². The summed E-state index contributed by atoms with van der Waals surface area (Å²) in [5, 5.41) is 9.28. The average Bonchev–Trinajstić information content (AvgIpc) is 1.88.